The predicted molar refractivity (Wildman–Crippen MR) is 124 cm³/mol. The molecule has 4 rings (SSSR count). The number of aryl methyl sites for hydroxylation is 1. The second-order valence-corrected chi connectivity index (χ2v) is 8.81. The van der Waals surface area contributed by atoms with Gasteiger partial charge in [0.1, 0.15) is 11.5 Å². The summed E-state index contributed by atoms with van der Waals surface area (Å²) in [5.74, 6) is -0.691. The zero-order chi connectivity index (χ0) is 23.0. The molecule has 1 fully saturated rings. The quantitative estimate of drug-likeness (QED) is 0.413. The number of rotatable bonds is 5. The third-order valence-electron chi connectivity index (χ3n) is 4.90. The molecule has 1 N–H and O–H groups in total. The third kappa shape index (κ3) is 4.32. The van der Waals surface area contributed by atoms with Gasteiger partial charge in [-0.2, -0.15) is 0 Å². The third-order valence-corrected chi connectivity index (χ3v) is 6.52. The summed E-state index contributed by atoms with van der Waals surface area (Å²) in [6, 6.07) is 13.1. The Kier molecular flexibility index (Phi) is 6.15. The predicted octanol–water partition coefficient (Wildman–Crippen LogP) is 6.50. The van der Waals surface area contributed by atoms with Crippen LogP contribution < -0.4 is 0 Å². The number of nitrogens with zero attached hydrogens (tertiary/aromatic N) is 1. The van der Waals surface area contributed by atoms with E-state index in [1.807, 2.05) is 6.92 Å². The number of imide groups is 1. The van der Waals surface area contributed by atoms with Crippen LogP contribution in [-0.2, 0) is 11.3 Å². The summed E-state index contributed by atoms with van der Waals surface area (Å²) in [6.07, 6.45) is 1.49. The zero-order valence-corrected chi connectivity index (χ0v) is 18.9. The number of benzene rings is 2. The van der Waals surface area contributed by atoms with E-state index in [-0.39, 0.29) is 17.0 Å². The number of carboxylic acids is 1. The van der Waals surface area contributed by atoms with Crippen molar-refractivity contribution in [3.8, 4) is 11.3 Å². The second kappa shape index (κ2) is 8.86. The number of furan rings is 1. The number of carbonyl (C=O) groups is 3. The Morgan fingerprint density at radius 2 is 1.84 bits per heavy atom. The summed E-state index contributed by atoms with van der Waals surface area (Å²) in [4.78, 5) is 37.8. The molecule has 1 aliphatic heterocycles. The van der Waals surface area contributed by atoms with Gasteiger partial charge in [0.2, 0.25) is 0 Å². The lowest BCUT2D eigenvalue weighted by molar-refractivity contribution is -0.123. The van der Waals surface area contributed by atoms with E-state index in [4.69, 9.17) is 27.6 Å². The van der Waals surface area contributed by atoms with Gasteiger partial charge < -0.3 is 9.52 Å². The molecule has 0 unspecified atom stereocenters. The van der Waals surface area contributed by atoms with E-state index in [0.29, 0.717) is 32.7 Å². The molecule has 1 saturated heterocycles. The minimum absolute atomic E-state index is 0.0366. The Bertz CT molecular complexity index is 1280. The number of hydrogen-bond donors (Lipinski definition) is 1. The standard InChI is InChI=1S/C23H15Cl2NO5S/c1-12-5-6-13(22(28)29)9-15(12)19-8-7-14(31-19)10-20-21(27)26(23(30)32-20)11-16-17(24)3-2-4-18(16)25/h2-10H,11H2,1H3,(H,28,29)/b20-10-. The lowest BCUT2D eigenvalue weighted by Gasteiger charge is -2.14. The van der Waals surface area contributed by atoms with Crippen LogP contribution in [0, 0.1) is 6.92 Å². The average Bonchev–Trinajstić information content (AvgIpc) is 3.30. The van der Waals surface area contributed by atoms with Crippen molar-refractivity contribution in [2.24, 2.45) is 0 Å². The summed E-state index contributed by atoms with van der Waals surface area (Å²) in [5.41, 5.74) is 2.11. The normalized spacial score (nSPS) is 15.1. The van der Waals surface area contributed by atoms with Crippen molar-refractivity contribution in [1.29, 1.82) is 0 Å². The van der Waals surface area contributed by atoms with Crippen LogP contribution in [0.4, 0.5) is 4.79 Å². The first kappa shape index (κ1) is 22.2. The largest absolute Gasteiger partial charge is 0.478 e. The molecule has 32 heavy (non-hydrogen) atoms. The average molecular weight is 488 g/mol. The van der Waals surface area contributed by atoms with E-state index in [2.05, 4.69) is 0 Å². The van der Waals surface area contributed by atoms with Crippen molar-refractivity contribution in [3.05, 3.63) is 85.9 Å². The molecule has 0 bridgehead atoms. The topological polar surface area (TPSA) is 87.8 Å². The summed E-state index contributed by atoms with van der Waals surface area (Å²) < 4.78 is 5.82. The first-order valence-corrected chi connectivity index (χ1v) is 10.9. The van der Waals surface area contributed by atoms with Crippen LogP contribution in [0.2, 0.25) is 10.0 Å². The van der Waals surface area contributed by atoms with Gasteiger partial charge in [-0.05, 0) is 60.6 Å². The van der Waals surface area contributed by atoms with Gasteiger partial charge >= 0.3 is 5.97 Å². The summed E-state index contributed by atoms with van der Waals surface area (Å²) >= 11 is 13.1. The van der Waals surface area contributed by atoms with Gasteiger partial charge in [0.25, 0.3) is 11.1 Å². The number of halogens is 2. The molecule has 0 spiro atoms. The van der Waals surface area contributed by atoms with Crippen molar-refractivity contribution >= 4 is 58.2 Å². The molecule has 1 aliphatic rings. The molecule has 3 aromatic rings. The molecule has 6 nitrogen and oxygen atoms in total. The van der Waals surface area contributed by atoms with Crippen molar-refractivity contribution < 1.29 is 23.9 Å². The van der Waals surface area contributed by atoms with Gasteiger partial charge in [0.05, 0.1) is 17.0 Å². The fraction of sp³-hybridized carbons (Fsp3) is 0.0870. The Labute approximate surface area is 197 Å². The Hall–Kier alpha value is -3.00. The molecule has 0 atom stereocenters. The first-order chi connectivity index (χ1) is 15.2. The maximum atomic E-state index is 12.8. The van der Waals surface area contributed by atoms with Crippen LogP contribution >= 0.6 is 35.0 Å². The van der Waals surface area contributed by atoms with Gasteiger partial charge in [-0.15, -0.1) is 0 Å². The molecule has 1 aromatic heterocycles. The molecule has 0 aliphatic carbocycles. The Morgan fingerprint density at radius 1 is 1.12 bits per heavy atom. The fourth-order valence-corrected chi connectivity index (χ4v) is 4.54. The van der Waals surface area contributed by atoms with Crippen molar-refractivity contribution in [2.75, 3.05) is 0 Å². The summed E-state index contributed by atoms with van der Waals surface area (Å²) in [5, 5.41) is 9.53. The lowest BCUT2D eigenvalue weighted by atomic mass is 10.0. The van der Waals surface area contributed by atoms with Gasteiger partial charge in [0, 0.05) is 27.2 Å². The minimum Gasteiger partial charge on any atom is -0.478 e. The minimum atomic E-state index is -1.04. The first-order valence-electron chi connectivity index (χ1n) is 9.37. The molecule has 162 valence electrons. The van der Waals surface area contributed by atoms with E-state index in [9.17, 15) is 19.5 Å². The molecule has 2 heterocycles. The van der Waals surface area contributed by atoms with Crippen molar-refractivity contribution in [1.82, 2.24) is 4.90 Å². The van der Waals surface area contributed by atoms with Gasteiger partial charge in [-0.25, -0.2) is 4.79 Å². The lowest BCUT2D eigenvalue weighted by Crippen LogP contribution is -2.27. The van der Waals surface area contributed by atoms with Gasteiger partial charge in [-0.1, -0.05) is 35.3 Å². The SMILES string of the molecule is Cc1ccc(C(=O)O)cc1-c1ccc(/C=C2\SC(=O)N(Cc3c(Cl)cccc3Cl)C2=O)o1. The number of thioether (sulfide) groups is 1. The molecular weight excluding hydrogens is 473 g/mol. The van der Waals surface area contributed by atoms with Crippen LogP contribution in [0.1, 0.15) is 27.2 Å². The summed E-state index contributed by atoms with van der Waals surface area (Å²) in [7, 11) is 0. The monoisotopic (exact) mass is 487 g/mol. The number of carbonyl (C=O) groups excluding carboxylic acids is 2. The van der Waals surface area contributed by atoms with Crippen LogP contribution in [-0.4, -0.2) is 27.1 Å². The van der Waals surface area contributed by atoms with Crippen LogP contribution in [0.15, 0.2) is 57.9 Å². The fourth-order valence-electron chi connectivity index (χ4n) is 3.20. The molecule has 2 amide bonds. The molecule has 0 radical (unpaired) electrons. The number of hydrogen-bond acceptors (Lipinski definition) is 5. The smallest absolute Gasteiger partial charge is 0.335 e. The molecule has 2 aromatic carbocycles. The zero-order valence-electron chi connectivity index (χ0n) is 16.6. The Morgan fingerprint density at radius 3 is 2.53 bits per heavy atom. The van der Waals surface area contributed by atoms with Crippen molar-refractivity contribution in [2.45, 2.75) is 13.5 Å². The molecular formula is C23H15Cl2NO5S. The summed E-state index contributed by atoms with van der Waals surface area (Å²) in [6.45, 7) is 1.81. The highest BCUT2D eigenvalue weighted by molar-refractivity contribution is 8.18. The maximum Gasteiger partial charge on any atom is 0.335 e. The molecule has 9 heteroatoms. The van der Waals surface area contributed by atoms with E-state index in [1.54, 1.807) is 36.4 Å². The van der Waals surface area contributed by atoms with Crippen LogP contribution in [0.25, 0.3) is 17.4 Å². The van der Waals surface area contributed by atoms with Gasteiger partial charge in [0.15, 0.2) is 0 Å². The highest BCUT2D eigenvalue weighted by atomic mass is 35.5. The Balaban J connectivity index is 1.59. The van der Waals surface area contributed by atoms with E-state index >= 15 is 0 Å². The maximum absolute atomic E-state index is 12.8. The van der Waals surface area contributed by atoms with Crippen LogP contribution in [0.5, 0.6) is 0 Å². The van der Waals surface area contributed by atoms with Crippen LogP contribution in [0.3, 0.4) is 0 Å². The van der Waals surface area contributed by atoms with E-state index in [0.717, 1.165) is 22.2 Å². The highest BCUT2D eigenvalue weighted by Crippen LogP contribution is 2.36. The van der Waals surface area contributed by atoms with E-state index in [1.165, 1.54) is 18.2 Å². The van der Waals surface area contributed by atoms with Gasteiger partial charge in [-0.3, -0.25) is 14.5 Å². The number of amides is 2. The number of aromatic carboxylic acids is 1. The van der Waals surface area contributed by atoms with E-state index < -0.39 is 17.1 Å². The highest BCUT2D eigenvalue weighted by Gasteiger charge is 2.36. The van der Waals surface area contributed by atoms with Crippen molar-refractivity contribution in [3.63, 3.8) is 0 Å². The second-order valence-electron chi connectivity index (χ2n) is 7.00. The number of carboxylic acid groups (broad SMARTS) is 1. The molecule has 0 saturated carbocycles.